The van der Waals surface area contributed by atoms with Crippen LogP contribution in [-0.4, -0.2) is 15.0 Å². The first-order valence-corrected chi connectivity index (χ1v) is 17.0. The zero-order valence-corrected chi connectivity index (χ0v) is 27.1. The van der Waals surface area contributed by atoms with E-state index in [0.717, 1.165) is 44.0 Å². The van der Waals surface area contributed by atoms with E-state index < -0.39 is 0 Å². The molecule has 3 nitrogen and oxygen atoms in total. The number of rotatable bonds is 4. The predicted octanol–water partition coefficient (Wildman–Crippen LogP) is 12.3. The van der Waals surface area contributed by atoms with Gasteiger partial charge in [0.05, 0.1) is 0 Å². The molecule has 0 aliphatic heterocycles. The van der Waals surface area contributed by atoms with Gasteiger partial charge >= 0.3 is 0 Å². The SMILES string of the molecule is c1ccc(-c2cc(-c3nc(-c4ccccc4)nc(-c4cc5ccccc5c5ccccc45)n3)c3c4ccccc4c4ccccc4c3c2)cc1. The van der Waals surface area contributed by atoms with E-state index in [1.165, 1.54) is 37.7 Å². The van der Waals surface area contributed by atoms with Gasteiger partial charge in [-0.3, -0.25) is 0 Å². The summed E-state index contributed by atoms with van der Waals surface area (Å²) in [5.74, 6) is 1.94. The highest BCUT2D eigenvalue weighted by Crippen LogP contribution is 2.43. The fourth-order valence-corrected chi connectivity index (χ4v) is 7.58. The lowest BCUT2D eigenvalue weighted by Crippen LogP contribution is -2.02. The summed E-state index contributed by atoms with van der Waals surface area (Å²) in [6, 6.07) is 62.2. The van der Waals surface area contributed by atoms with Crippen LogP contribution in [0.1, 0.15) is 0 Å². The number of nitrogens with zero attached hydrogens (tertiary/aromatic N) is 3. The smallest absolute Gasteiger partial charge is 0.164 e. The van der Waals surface area contributed by atoms with Gasteiger partial charge in [-0.2, -0.15) is 0 Å². The lowest BCUT2D eigenvalue weighted by Gasteiger charge is -2.17. The maximum Gasteiger partial charge on any atom is 0.164 e. The Labute approximate surface area is 289 Å². The predicted molar refractivity (Wildman–Crippen MR) is 209 cm³/mol. The van der Waals surface area contributed by atoms with Gasteiger partial charge in [0.15, 0.2) is 17.5 Å². The summed E-state index contributed by atoms with van der Waals surface area (Å²) in [6.45, 7) is 0. The van der Waals surface area contributed by atoms with Gasteiger partial charge in [-0.15, -0.1) is 0 Å². The van der Waals surface area contributed by atoms with Crippen LogP contribution in [0.4, 0.5) is 0 Å². The molecule has 1 heterocycles. The van der Waals surface area contributed by atoms with Gasteiger partial charge in [-0.25, -0.2) is 15.0 Å². The zero-order valence-electron chi connectivity index (χ0n) is 27.1. The summed E-state index contributed by atoms with van der Waals surface area (Å²) < 4.78 is 0. The first kappa shape index (κ1) is 28.3. The van der Waals surface area contributed by atoms with Crippen molar-refractivity contribution in [3.8, 4) is 45.3 Å². The van der Waals surface area contributed by atoms with Crippen molar-refractivity contribution >= 4 is 53.9 Å². The molecule has 0 N–H and O–H groups in total. The topological polar surface area (TPSA) is 38.7 Å². The minimum absolute atomic E-state index is 0.645. The molecule has 232 valence electrons. The highest BCUT2D eigenvalue weighted by molar-refractivity contribution is 6.29. The Morgan fingerprint density at radius 2 is 0.720 bits per heavy atom. The molecule has 0 bridgehead atoms. The average Bonchev–Trinajstić information content (AvgIpc) is 3.20. The van der Waals surface area contributed by atoms with Gasteiger partial charge in [-0.05, 0) is 77.8 Å². The monoisotopic (exact) mass is 635 g/mol. The summed E-state index contributed by atoms with van der Waals surface area (Å²) >= 11 is 0. The van der Waals surface area contributed by atoms with E-state index in [2.05, 4.69) is 158 Å². The van der Waals surface area contributed by atoms with Gasteiger partial charge in [0.2, 0.25) is 0 Å². The summed E-state index contributed by atoms with van der Waals surface area (Å²) in [4.78, 5) is 15.9. The molecule has 0 atom stereocenters. The van der Waals surface area contributed by atoms with Gasteiger partial charge in [-0.1, -0.05) is 158 Å². The first-order valence-electron chi connectivity index (χ1n) is 17.0. The van der Waals surface area contributed by atoms with Crippen molar-refractivity contribution in [3.63, 3.8) is 0 Å². The summed E-state index contributed by atoms with van der Waals surface area (Å²) in [5.41, 5.74) is 5.17. The van der Waals surface area contributed by atoms with Crippen molar-refractivity contribution in [1.29, 1.82) is 0 Å². The van der Waals surface area contributed by atoms with Crippen LogP contribution >= 0.6 is 0 Å². The molecular weight excluding hydrogens is 607 g/mol. The number of hydrogen-bond donors (Lipinski definition) is 0. The number of aromatic nitrogens is 3. The van der Waals surface area contributed by atoms with Crippen LogP contribution < -0.4 is 0 Å². The fourth-order valence-electron chi connectivity index (χ4n) is 7.58. The molecule has 10 rings (SSSR count). The fraction of sp³-hybridized carbons (Fsp3) is 0. The van der Waals surface area contributed by atoms with Crippen molar-refractivity contribution in [2.45, 2.75) is 0 Å². The van der Waals surface area contributed by atoms with Crippen LogP contribution in [-0.2, 0) is 0 Å². The lowest BCUT2D eigenvalue weighted by molar-refractivity contribution is 1.08. The highest BCUT2D eigenvalue weighted by Gasteiger charge is 2.20. The second-order valence-electron chi connectivity index (χ2n) is 12.8. The molecule has 3 heteroatoms. The third-order valence-corrected chi connectivity index (χ3v) is 9.87. The Balaban J connectivity index is 1.36. The van der Waals surface area contributed by atoms with E-state index in [-0.39, 0.29) is 0 Å². The highest BCUT2D eigenvalue weighted by atomic mass is 15.0. The van der Waals surface area contributed by atoms with Crippen molar-refractivity contribution < 1.29 is 0 Å². The molecular formula is C47H29N3. The average molecular weight is 636 g/mol. The van der Waals surface area contributed by atoms with E-state index in [9.17, 15) is 0 Å². The molecule has 0 saturated heterocycles. The van der Waals surface area contributed by atoms with Crippen molar-refractivity contribution in [3.05, 3.63) is 176 Å². The van der Waals surface area contributed by atoms with E-state index >= 15 is 0 Å². The Morgan fingerprint density at radius 3 is 1.40 bits per heavy atom. The second-order valence-corrected chi connectivity index (χ2v) is 12.8. The number of fused-ring (bicyclic) bond motifs is 9. The molecule has 0 unspecified atom stereocenters. The van der Waals surface area contributed by atoms with Crippen LogP contribution in [0.15, 0.2) is 176 Å². The largest absolute Gasteiger partial charge is 0.208 e. The van der Waals surface area contributed by atoms with Crippen molar-refractivity contribution in [1.82, 2.24) is 15.0 Å². The molecule has 10 aromatic rings. The summed E-state index contributed by atoms with van der Waals surface area (Å²) in [7, 11) is 0. The molecule has 9 aromatic carbocycles. The van der Waals surface area contributed by atoms with Gasteiger partial charge in [0, 0.05) is 22.1 Å². The molecule has 0 saturated carbocycles. The standard InChI is InChI=1S/C47H29N3/c1-3-15-30(16-4-1)33-28-41-38-24-11-10-22-36(38)37-23-13-14-26-40(37)44(41)43(29-33)47-49-45(31-17-5-2-6-18-31)48-46(50-47)42-27-32-19-7-8-20-34(32)35-21-9-12-25-39(35)42/h1-29H. The minimum Gasteiger partial charge on any atom is -0.208 e. The number of benzene rings is 9. The molecule has 0 aliphatic carbocycles. The maximum absolute atomic E-state index is 5.41. The maximum atomic E-state index is 5.41. The molecule has 0 fully saturated rings. The minimum atomic E-state index is 0.645. The van der Waals surface area contributed by atoms with Crippen LogP contribution in [0, 0.1) is 0 Å². The summed E-state index contributed by atoms with van der Waals surface area (Å²) in [6.07, 6.45) is 0. The van der Waals surface area contributed by atoms with Crippen LogP contribution in [0.2, 0.25) is 0 Å². The molecule has 0 amide bonds. The molecule has 0 radical (unpaired) electrons. The second kappa shape index (κ2) is 11.5. The molecule has 1 aromatic heterocycles. The Bertz CT molecular complexity index is 2910. The zero-order chi connectivity index (χ0) is 33.0. The van der Waals surface area contributed by atoms with Crippen LogP contribution in [0.25, 0.3) is 99.2 Å². The number of hydrogen-bond acceptors (Lipinski definition) is 3. The molecule has 0 aliphatic rings. The Hall–Kier alpha value is -6.71. The van der Waals surface area contributed by atoms with Gasteiger partial charge < -0.3 is 0 Å². The summed E-state index contributed by atoms with van der Waals surface area (Å²) in [5, 5.41) is 11.8. The van der Waals surface area contributed by atoms with Gasteiger partial charge in [0.1, 0.15) is 0 Å². The third kappa shape index (κ3) is 4.56. The molecule has 0 spiro atoms. The lowest BCUT2D eigenvalue weighted by atomic mass is 9.88. The van der Waals surface area contributed by atoms with E-state index in [1.54, 1.807) is 0 Å². The molecule has 50 heavy (non-hydrogen) atoms. The van der Waals surface area contributed by atoms with Crippen molar-refractivity contribution in [2.75, 3.05) is 0 Å². The Kier molecular flexibility index (Phi) is 6.49. The van der Waals surface area contributed by atoms with Gasteiger partial charge in [0.25, 0.3) is 0 Å². The third-order valence-electron chi connectivity index (χ3n) is 9.87. The van der Waals surface area contributed by atoms with E-state index in [1.807, 2.05) is 18.2 Å². The normalized spacial score (nSPS) is 11.6. The van der Waals surface area contributed by atoms with Crippen LogP contribution in [0.3, 0.4) is 0 Å². The van der Waals surface area contributed by atoms with Crippen molar-refractivity contribution in [2.24, 2.45) is 0 Å². The van der Waals surface area contributed by atoms with E-state index in [0.29, 0.717) is 17.5 Å². The van der Waals surface area contributed by atoms with E-state index in [4.69, 9.17) is 15.0 Å². The Morgan fingerprint density at radius 1 is 0.260 bits per heavy atom. The first-order chi connectivity index (χ1) is 24.8. The quantitative estimate of drug-likeness (QED) is 0.181. The van der Waals surface area contributed by atoms with Crippen LogP contribution in [0.5, 0.6) is 0 Å².